The molecule has 7 heteroatoms. The molecule has 0 spiro atoms. The van der Waals surface area contributed by atoms with Crippen molar-refractivity contribution in [1.29, 1.82) is 0 Å². The van der Waals surface area contributed by atoms with Crippen LogP contribution in [0.1, 0.15) is 52.5 Å². The molecule has 1 N–H and O–H groups in total. The van der Waals surface area contributed by atoms with Gasteiger partial charge in [-0.25, -0.2) is 18.9 Å². The number of hydrogen-bond acceptors (Lipinski definition) is 4. The molecule has 5 rings (SSSR count). The van der Waals surface area contributed by atoms with Crippen LogP contribution in [0.4, 0.5) is 10.2 Å². The number of halogens is 1. The summed E-state index contributed by atoms with van der Waals surface area (Å²) in [5.74, 6) is 1.25. The topological polar surface area (TPSA) is 60.0 Å². The summed E-state index contributed by atoms with van der Waals surface area (Å²) < 4.78 is 17.7. The van der Waals surface area contributed by atoms with Crippen molar-refractivity contribution in [3.8, 4) is 22.6 Å². The molecule has 0 unspecified atom stereocenters. The molecular formula is C26H31FN6. The molecule has 1 aliphatic carbocycles. The maximum absolute atomic E-state index is 13.6. The van der Waals surface area contributed by atoms with Crippen molar-refractivity contribution in [2.75, 3.05) is 12.4 Å². The van der Waals surface area contributed by atoms with Gasteiger partial charge in [-0.2, -0.15) is 5.10 Å². The van der Waals surface area contributed by atoms with Crippen LogP contribution >= 0.6 is 0 Å². The molecule has 3 heterocycles. The van der Waals surface area contributed by atoms with Crippen LogP contribution < -0.4 is 5.32 Å². The average Bonchev–Trinajstić information content (AvgIpc) is 3.43. The Kier molecular flexibility index (Phi) is 5.43. The lowest BCUT2D eigenvalue weighted by molar-refractivity contribution is 0.152. The van der Waals surface area contributed by atoms with Crippen LogP contribution in [0.5, 0.6) is 0 Å². The van der Waals surface area contributed by atoms with E-state index in [-0.39, 0.29) is 5.82 Å². The summed E-state index contributed by atoms with van der Waals surface area (Å²) in [4.78, 5) is 9.31. The molecule has 0 saturated heterocycles. The van der Waals surface area contributed by atoms with Crippen molar-refractivity contribution in [3.63, 3.8) is 0 Å². The van der Waals surface area contributed by atoms with Crippen molar-refractivity contribution in [3.05, 3.63) is 54.7 Å². The Morgan fingerprint density at radius 2 is 1.73 bits per heavy atom. The van der Waals surface area contributed by atoms with Crippen LogP contribution in [0, 0.1) is 17.2 Å². The van der Waals surface area contributed by atoms with Crippen LogP contribution in [0.15, 0.2) is 48.9 Å². The zero-order valence-corrected chi connectivity index (χ0v) is 19.7. The van der Waals surface area contributed by atoms with Gasteiger partial charge in [0.1, 0.15) is 17.3 Å². The van der Waals surface area contributed by atoms with Crippen molar-refractivity contribution in [2.45, 2.75) is 52.5 Å². The van der Waals surface area contributed by atoms with E-state index in [4.69, 9.17) is 10.1 Å². The van der Waals surface area contributed by atoms with Gasteiger partial charge >= 0.3 is 0 Å². The predicted molar refractivity (Wildman–Crippen MR) is 130 cm³/mol. The molecule has 0 amide bonds. The molecule has 0 atom stereocenters. The zero-order valence-electron chi connectivity index (χ0n) is 19.7. The number of hydrogen-bond donors (Lipinski definition) is 1. The van der Waals surface area contributed by atoms with Crippen LogP contribution in [0.2, 0.25) is 0 Å². The largest absolute Gasteiger partial charge is 0.372 e. The number of fused-ring (bicyclic) bond motifs is 1. The molecule has 1 saturated carbocycles. The third-order valence-corrected chi connectivity index (χ3v) is 7.05. The van der Waals surface area contributed by atoms with Gasteiger partial charge in [0.2, 0.25) is 0 Å². The quantitative estimate of drug-likeness (QED) is 0.404. The van der Waals surface area contributed by atoms with Crippen molar-refractivity contribution >= 4 is 11.5 Å². The molecule has 1 aliphatic rings. The van der Waals surface area contributed by atoms with Gasteiger partial charge in [-0.05, 0) is 73.4 Å². The lowest BCUT2D eigenvalue weighted by Gasteiger charge is -2.37. The van der Waals surface area contributed by atoms with Crippen molar-refractivity contribution in [1.82, 2.24) is 24.1 Å². The third kappa shape index (κ3) is 4.12. The number of rotatable bonds is 4. The van der Waals surface area contributed by atoms with Crippen LogP contribution in [-0.4, -0.2) is 31.2 Å². The fourth-order valence-electron chi connectivity index (χ4n) is 5.06. The van der Waals surface area contributed by atoms with Crippen molar-refractivity contribution in [2.24, 2.45) is 11.3 Å². The fraction of sp³-hybridized carbons (Fsp3) is 0.423. The molecule has 6 nitrogen and oxygen atoms in total. The lowest BCUT2D eigenvalue weighted by atomic mass is 9.71. The van der Waals surface area contributed by atoms with E-state index < -0.39 is 0 Å². The summed E-state index contributed by atoms with van der Waals surface area (Å²) >= 11 is 0. The van der Waals surface area contributed by atoms with Gasteiger partial charge in [0, 0.05) is 18.7 Å². The minimum Gasteiger partial charge on any atom is -0.372 e. The molecule has 1 aromatic carbocycles. The SMILES string of the molecule is CNc1cn2nc(-c3c(-c4ccc(F)cc4)ncn3C3CCC(C(C)(C)C)CC3)ccc2n1. The highest BCUT2D eigenvalue weighted by atomic mass is 19.1. The van der Waals surface area contributed by atoms with Crippen LogP contribution in [0.25, 0.3) is 28.3 Å². The van der Waals surface area contributed by atoms with Crippen LogP contribution in [-0.2, 0) is 0 Å². The standard InChI is InChI=1S/C26H31FN6/c1-26(2,3)18-7-11-20(12-8-18)32-16-29-24(17-5-9-19(27)10-6-17)25(32)21-13-14-23-30-22(28-4)15-33(23)31-21/h5-6,9-10,13-16,18,20,28H,7-8,11-12H2,1-4H3. The van der Waals surface area contributed by atoms with Gasteiger partial charge < -0.3 is 9.88 Å². The van der Waals surface area contributed by atoms with E-state index in [0.717, 1.165) is 52.9 Å². The van der Waals surface area contributed by atoms with E-state index in [1.807, 2.05) is 31.7 Å². The molecule has 3 aromatic heterocycles. The first-order valence-corrected chi connectivity index (χ1v) is 11.7. The molecule has 33 heavy (non-hydrogen) atoms. The van der Waals surface area contributed by atoms with E-state index in [9.17, 15) is 4.39 Å². The number of imidazole rings is 2. The Labute approximate surface area is 193 Å². The second-order valence-corrected chi connectivity index (χ2v) is 10.1. The summed E-state index contributed by atoms with van der Waals surface area (Å²) in [5, 5.41) is 7.95. The second kappa shape index (κ2) is 8.28. The third-order valence-electron chi connectivity index (χ3n) is 7.05. The van der Waals surface area contributed by atoms with E-state index >= 15 is 0 Å². The number of anilines is 1. The van der Waals surface area contributed by atoms with Gasteiger partial charge in [-0.1, -0.05) is 20.8 Å². The Bertz CT molecular complexity index is 1260. The minimum atomic E-state index is -0.252. The van der Waals surface area contributed by atoms with Gasteiger partial charge in [0.05, 0.1) is 23.9 Å². The van der Waals surface area contributed by atoms with Gasteiger partial charge in [0.15, 0.2) is 5.65 Å². The zero-order chi connectivity index (χ0) is 23.2. The first-order chi connectivity index (χ1) is 15.8. The molecule has 1 fully saturated rings. The summed E-state index contributed by atoms with van der Waals surface area (Å²) in [6, 6.07) is 10.9. The Morgan fingerprint density at radius 1 is 1.00 bits per heavy atom. The highest BCUT2D eigenvalue weighted by Gasteiger charge is 2.32. The summed E-state index contributed by atoms with van der Waals surface area (Å²) in [6.07, 6.45) is 8.46. The van der Waals surface area contributed by atoms with E-state index in [0.29, 0.717) is 11.5 Å². The van der Waals surface area contributed by atoms with Crippen LogP contribution in [0.3, 0.4) is 0 Å². The monoisotopic (exact) mass is 446 g/mol. The molecule has 0 bridgehead atoms. The highest BCUT2D eigenvalue weighted by molar-refractivity contribution is 5.77. The predicted octanol–water partition coefficient (Wildman–Crippen LogP) is 6.22. The average molecular weight is 447 g/mol. The first kappa shape index (κ1) is 21.6. The highest BCUT2D eigenvalue weighted by Crippen LogP contribution is 2.43. The van der Waals surface area contributed by atoms with Gasteiger partial charge in [-0.3, -0.25) is 0 Å². The number of nitrogens with zero attached hydrogens (tertiary/aromatic N) is 5. The normalized spacial score (nSPS) is 19.2. The lowest BCUT2D eigenvalue weighted by Crippen LogP contribution is -2.27. The molecular weight excluding hydrogens is 415 g/mol. The van der Waals surface area contributed by atoms with E-state index in [1.165, 1.54) is 25.0 Å². The van der Waals surface area contributed by atoms with E-state index in [2.05, 4.69) is 35.6 Å². The first-order valence-electron chi connectivity index (χ1n) is 11.7. The molecule has 172 valence electrons. The minimum absolute atomic E-state index is 0.252. The molecule has 0 radical (unpaired) electrons. The number of aromatic nitrogens is 5. The van der Waals surface area contributed by atoms with Gasteiger partial charge in [0.25, 0.3) is 0 Å². The smallest absolute Gasteiger partial charge is 0.156 e. The van der Waals surface area contributed by atoms with Gasteiger partial charge in [-0.15, -0.1) is 0 Å². The summed E-state index contributed by atoms with van der Waals surface area (Å²) in [5.41, 5.74) is 4.63. The molecule has 0 aliphatic heterocycles. The molecule has 4 aromatic rings. The van der Waals surface area contributed by atoms with E-state index in [1.54, 1.807) is 16.6 Å². The number of nitrogens with one attached hydrogen (secondary N) is 1. The number of benzene rings is 1. The summed E-state index contributed by atoms with van der Waals surface area (Å²) in [7, 11) is 1.85. The Balaban J connectivity index is 1.58. The maximum Gasteiger partial charge on any atom is 0.156 e. The maximum atomic E-state index is 13.6. The Morgan fingerprint density at radius 3 is 2.39 bits per heavy atom. The fourth-order valence-corrected chi connectivity index (χ4v) is 5.06. The summed E-state index contributed by atoms with van der Waals surface area (Å²) in [6.45, 7) is 7.03. The Hall–Kier alpha value is -3.22. The van der Waals surface area contributed by atoms with Crippen molar-refractivity contribution < 1.29 is 4.39 Å². The second-order valence-electron chi connectivity index (χ2n) is 10.1.